The number of ketones is 1. The zero-order valence-corrected chi connectivity index (χ0v) is 22.3. The third-order valence-electron chi connectivity index (χ3n) is 6.08. The van der Waals surface area contributed by atoms with E-state index in [-0.39, 0.29) is 29.0 Å². The molecule has 0 aliphatic heterocycles. The number of methoxy groups -OCH3 is 1. The lowest BCUT2D eigenvalue weighted by Gasteiger charge is -2.11. The Morgan fingerprint density at radius 3 is 2.54 bits per heavy atom. The van der Waals surface area contributed by atoms with Crippen LogP contribution in [0.1, 0.15) is 21.6 Å². The lowest BCUT2D eigenvalue weighted by atomic mass is 9.98. The molecule has 0 amide bonds. The SMILES string of the molecule is COc1nc2c(Oc3ccc(CC(=O)c4c[nH]c(C)c(-c5ccc(F)cc5)c4=O)cc3F)ccnc2cc1Br. The summed E-state index contributed by atoms with van der Waals surface area (Å²) in [7, 11) is 1.48. The molecule has 0 saturated heterocycles. The van der Waals surface area contributed by atoms with Crippen LogP contribution in [0.2, 0.25) is 0 Å². The number of rotatable bonds is 7. The summed E-state index contributed by atoms with van der Waals surface area (Å²) >= 11 is 3.36. The molecular weight excluding hydrogens is 572 g/mol. The zero-order chi connectivity index (χ0) is 27.7. The van der Waals surface area contributed by atoms with Gasteiger partial charge in [-0.2, -0.15) is 0 Å². The molecule has 0 atom stereocenters. The summed E-state index contributed by atoms with van der Waals surface area (Å²) in [6.07, 6.45) is 2.65. The van der Waals surface area contributed by atoms with Crippen LogP contribution >= 0.6 is 15.9 Å². The molecule has 5 rings (SSSR count). The number of Topliss-reactive ketones (excluding diaryl/α,β-unsaturated/α-hetero) is 1. The fourth-order valence-corrected chi connectivity index (χ4v) is 4.63. The van der Waals surface area contributed by atoms with Crippen molar-refractivity contribution in [1.29, 1.82) is 0 Å². The van der Waals surface area contributed by atoms with Crippen molar-refractivity contribution in [1.82, 2.24) is 15.0 Å². The number of aromatic nitrogens is 3. The standard InChI is InChI=1S/C29H20BrF2N3O4/c1-15-26(17-4-6-18(31)7-5-17)28(37)19(14-34-15)23(36)12-16-3-8-24(21(32)11-16)39-25-9-10-33-22-13-20(30)29(38-2)35-27(22)25/h3-11,13-14H,12H2,1-2H3,(H,34,37). The number of carbonyl (C=O) groups is 1. The molecule has 2 aromatic carbocycles. The predicted molar refractivity (Wildman–Crippen MR) is 145 cm³/mol. The molecule has 0 fully saturated rings. The summed E-state index contributed by atoms with van der Waals surface area (Å²) in [6, 6.07) is 12.9. The molecule has 0 aliphatic carbocycles. The van der Waals surface area contributed by atoms with E-state index in [0.29, 0.717) is 38.2 Å². The number of nitrogens with one attached hydrogen (secondary N) is 1. The van der Waals surface area contributed by atoms with E-state index in [1.807, 2.05) is 0 Å². The molecule has 39 heavy (non-hydrogen) atoms. The Morgan fingerprint density at radius 2 is 1.82 bits per heavy atom. The number of hydrogen-bond acceptors (Lipinski definition) is 6. The number of aryl methyl sites for hydroxylation is 1. The van der Waals surface area contributed by atoms with Gasteiger partial charge < -0.3 is 14.5 Å². The van der Waals surface area contributed by atoms with Crippen LogP contribution in [0.15, 0.2) is 76.3 Å². The molecule has 1 N–H and O–H groups in total. The fraction of sp³-hybridized carbons (Fsp3) is 0.103. The molecule has 3 heterocycles. The van der Waals surface area contributed by atoms with Gasteiger partial charge in [0.15, 0.2) is 28.5 Å². The van der Waals surface area contributed by atoms with Crippen molar-refractivity contribution >= 4 is 32.7 Å². The van der Waals surface area contributed by atoms with Crippen LogP contribution in [0.25, 0.3) is 22.2 Å². The molecule has 0 radical (unpaired) electrons. The number of pyridine rings is 3. The van der Waals surface area contributed by atoms with E-state index >= 15 is 4.39 Å². The average Bonchev–Trinajstić information content (AvgIpc) is 2.91. The van der Waals surface area contributed by atoms with Gasteiger partial charge in [0.1, 0.15) is 11.3 Å². The van der Waals surface area contributed by atoms with Crippen molar-refractivity contribution in [3.8, 4) is 28.5 Å². The van der Waals surface area contributed by atoms with Gasteiger partial charge in [-0.1, -0.05) is 18.2 Å². The molecule has 7 nitrogen and oxygen atoms in total. The smallest absolute Gasteiger partial charge is 0.228 e. The minimum Gasteiger partial charge on any atom is -0.480 e. The molecule has 3 aromatic heterocycles. The van der Waals surface area contributed by atoms with Crippen molar-refractivity contribution in [3.05, 3.63) is 110 Å². The minimum atomic E-state index is -0.695. The van der Waals surface area contributed by atoms with Gasteiger partial charge in [-0.3, -0.25) is 14.6 Å². The summed E-state index contributed by atoms with van der Waals surface area (Å²) in [6.45, 7) is 1.69. The number of ether oxygens (including phenoxy) is 2. The number of halogens is 3. The summed E-state index contributed by atoms with van der Waals surface area (Å²) < 4.78 is 40.0. The van der Waals surface area contributed by atoms with E-state index in [2.05, 4.69) is 30.9 Å². The van der Waals surface area contributed by atoms with Crippen LogP contribution in [0, 0.1) is 18.6 Å². The number of carbonyl (C=O) groups excluding carboxylic acids is 1. The number of H-pyrrole nitrogens is 1. The maximum Gasteiger partial charge on any atom is 0.228 e. The van der Waals surface area contributed by atoms with Crippen LogP contribution in [0.5, 0.6) is 17.4 Å². The van der Waals surface area contributed by atoms with Crippen molar-refractivity contribution in [2.24, 2.45) is 0 Å². The van der Waals surface area contributed by atoms with E-state index in [1.54, 1.807) is 25.1 Å². The molecule has 0 saturated carbocycles. The Morgan fingerprint density at radius 1 is 1.05 bits per heavy atom. The second-order valence-electron chi connectivity index (χ2n) is 8.66. The van der Waals surface area contributed by atoms with E-state index in [1.165, 1.54) is 55.9 Å². The quantitative estimate of drug-likeness (QED) is 0.215. The highest BCUT2D eigenvalue weighted by molar-refractivity contribution is 9.10. The van der Waals surface area contributed by atoms with E-state index in [4.69, 9.17) is 9.47 Å². The third-order valence-corrected chi connectivity index (χ3v) is 6.65. The highest BCUT2D eigenvalue weighted by atomic mass is 79.9. The summed E-state index contributed by atoms with van der Waals surface area (Å²) in [5, 5.41) is 0. The number of nitrogens with zero attached hydrogens (tertiary/aromatic N) is 2. The first kappa shape index (κ1) is 26.2. The molecule has 10 heteroatoms. The van der Waals surface area contributed by atoms with Gasteiger partial charge >= 0.3 is 0 Å². The zero-order valence-electron chi connectivity index (χ0n) is 20.7. The largest absolute Gasteiger partial charge is 0.480 e. The second kappa shape index (κ2) is 10.7. The van der Waals surface area contributed by atoms with Gasteiger partial charge in [-0.05, 0) is 64.3 Å². The topological polar surface area (TPSA) is 94.2 Å². The van der Waals surface area contributed by atoms with Crippen molar-refractivity contribution < 1.29 is 23.0 Å². The van der Waals surface area contributed by atoms with Gasteiger partial charge in [0.2, 0.25) is 5.88 Å². The van der Waals surface area contributed by atoms with Crippen LogP contribution in [-0.2, 0) is 6.42 Å². The van der Waals surface area contributed by atoms with Gasteiger partial charge in [0, 0.05) is 36.1 Å². The van der Waals surface area contributed by atoms with Crippen LogP contribution < -0.4 is 14.9 Å². The van der Waals surface area contributed by atoms with Crippen LogP contribution in [-0.4, -0.2) is 27.8 Å². The van der Waals surface area contributed by atoms with E-state index in [9.17, 15) is 14.0 Å². The first-order chi connectivity index (χ1) is 18.7. The average molecular weight is 592 g/mol. The lowest BCUT2D eigenvalue weighted by molar-refractivity contribution is 0.0991. The van der Waals surface area contributed by atoms with Crippen molar-refractivity contribution in [2.75, 3.05) is 7.11 Å². The number of benzene rings is 2. The van der Waals surface area contributed by atoms with Crippen LogP contribution in [0.3, 0.4) is 0 Å². The normalized spacial score (nSPS) is 11.0. The van der Waals surface area contributed by atoms with Crippen molar-refractivity contribution in [2.45, 2.75) is 13.3 Å². The first-order valence-corrected chi connectivity index (χ1v) is 12.5. The number of hydrogen-bond donors (Lipinski definition) is 1. The molecular formula is C29H20BrF2N3O4. The summed E-state index contributed by atoms with van der Waals surface area (Å²) in [4.78, 5) is 37.8. The molecule has 0 bridgehead atoms. The monoisotopic (exact) mass is 591 g/mol. The molecule has 5 aromatic rings. The Bertz CT molecular complexity index is 1790. The van der Waals surface area contributed by atoms with Crippen LogP contribution in [0.4, 0.5) is 8.78 Å². The maximum absolute atomic E-state index is 15.0. The fourth-order valence-electron chi connectivity index (χ4n) is 4.16. The summed E-state index contributed by atoms with van der Waals surface area (Å²) in [5.41, 5.74) is 2.00. The van der Waals surface area contributed by atoms with Gasteiger partial charge in [0.25, 0.3) is 0 Å². The third kappa shape index (κ3) is 5.28. The molecule has 196 valence electrons. The maximum atomic E-state index is 15.0. The molecule has 0 unspecified atom stereocenters. The highest BCUT2D eigenvalue weighted by Crippen LogP contribution is 2.33. The predicted octanol–water partition coefficient (Wildman–Crippen LogP) is 6.56. The van der Waals surface area contributed by atoms with Crippen molar-refractivity contribution in [3.63, 3.8) is 0 Å². The van der Waals surface area contributed by atoms with E-state index < -0.39 is 22.8 Å². The van der Waals surface area contributed by atoms with E-state index in [0.717, 1.165) is 0 Å². The number of fused-ring (bicyclic) bond motifs is 1. The Kier molecular flexibility index (Phi) is 7.21. The molecule has 0 aliphatic rings. The Balaban J connectivity index is 1.40. The lowest BCUT2D eigenvalue weighted by Crippen LogP contribution is -2.20. The van der Waals surface area contributed by atoms with Gasteiger partial charge in [0.05, 0.1) is 22.7 Å². The van der Waals surface area contributed by atoms with Gasteiger partial charge in [-0.25, -0.2) is 13.8 Å². The first-order valence-electron chi connectivity index (χ1n) is 11.7. The van der Waals surface area contributed by atoms with Gasteiger partial charge in [-0.15, -0.1) is 0 Å². The summed E-state index contributed by atoms with van der Waals surface area (Å²) in [5.74, 6) is -1.10. The minimum absolute atomic E-state index is 0.0740. The Labute approximate surface area is 229 Å². The second-order valence-corrected chi connectivity index (χ2v) is 9.52. The molecule has 0 spiro atoms. The Hall–Kier alpha value is -4.44. The number of aromatic amines is 1. The highest BCUT2D eigenvalue weighted by Gasteiger charge is 2.19.